The minimum Gasteiger partial charge on any atom is -0.481 e. The van der Waals surface area contributed by atoms with Gasteiger partial charge >= 0.3 is 5.97 Å². The number of nitrogens with two attached hydrogens (primary N) is 1. The quantitative estimate of drug-likeness (QED) is 0.689. The molecule has 27 heavy (non-hydrogen) atoms. The lowest BCUT2D eigenvalue weighted by Gasteiger charge is -2.23. The molecule has 2 amide bonds. The van der Waals surface area contributed by atoms with Crippen LogP contribution in [0.25, 0.3) is 0 Å². The molecule has 4 atom stereocenters. The first-order valence-electron chi connectivity index (χ1n) is 9.63. The molecule has 1 aromatic heterocycles. The highest BCUT2D eigenvalue weighted by atomic mass is 32.1. The summed E-state index contributed by atoms with van der Waals surface area (Å²) in [6, 6.07) is 0. The van der Waals surface area contributed by atoms with E-state index in [4.69, 9.17) is 5.73 Å². The molecule has 144 valence electrons. The van der Waals surface area contributed by atoms with Gasteiger partial charge in [-0.05, 0) is 49.5 Å². The van der Waals surface area contributed by atoms with E-state index in [1.807, 2.05) is 12.2 Å². The van der Waals surface area contributed by atoms with Gasteiger partial charge in [0.2, 0.25) is 5.91 Å². The van der Waals surface area contributed by atoms with Crippen molar-refractivity contribution in [1.82, 2.24) is 0 Å². The summed E-state index contributed by atoms with van der Waals surface area (Å²) in [5, 5.41) is 13.0. The molecule has 0 aromatic carbocycles. The lowest BCUT2D eigenvalue weighted by Crippen LogP contribution is -2.36. The summed E-state index contributed by atoms with van der Waals surface area (Å²) in [6.45, 7) is 0. The topological polar surface area (TPSA) is 109 Å². The lowest BCUT2D eigenvalue weighted by molar-refractivity contribution is -0.146. The minimum absolute atomic E-state index is 0.0471. The molecule has 0 radical (unpaired) electrons. The number of carbonyl (C=O) groups excluding carboxylic acids is 2. The summed E-state index contributed by atoms with van der Waals surface area (Å²) >= 11 is 1.43. The van der Waals surface area contributed by atoms with Gasteiger partial charge in [0.25, 0.3) is 5.91 Å². The number of carbonyl (C=O) groups is 3. The van der Waals surface area contributed by atoms with Gasteiger partial charge < -0.3 is 16.2 Å². The average molecular weight is 388 g/mol. The molecule has 2 bridgehead atoms. The molecule has 1 heterocycles. The van der Waals surface area contributed by atoms with Crippen molar-refractivity contribution in [3.8, 4) is 0 Å². The number of allylic oxidation sites excluding steroid dienone is 2. The van der Waals surface area contributed by atoms with Crippen molar-refractivity contribution >= 4 is 34.1 Å². The number of primary amides is 1. The Labute approximate surface area is 161 Å². The van der Waals surface area contributed by atoms with Crippen molar-refractivity contribution in [2.24, 2.45) is 29.4 Å². The van der Waals surface area contributed by atoms with Crippen LogP contribution in [0, 0.1) is 23.7 Å². The van der Waals surface area contributed by atoms with Crippen LogP contribution in [-0.2, 0) is 22.4 Å². The third-order valence-electron chi connectivity index (χ3n) is 6.20. The van der Waals surface area contributed by atoms with E-state index in [1.165, 1.54) is 17.8 Å². The second kappa shape index (κ2) is 7.11. The van der Waals surface area contributed by atoms with Crippen molar-refractivity contribution in [3.63, 3.8) is 0 Å². The van der Waals surface area contributed by atoms with Crippen LogP contribution in [0.1, 0.15) is 52.9 Å². The van der Waals surface area contributed by atoms with E-state index < -0.39 is 23.7 Å². The molecular weight excluding hydrogens is 364 g/mol. The Morgan fingerprint density at radius 1 is 1.04 bits per heavy atom. The number of thiophene rings is 1. The highest BCUT2D eigenvalue weighted by Crippen LogP contribution is 2.49. The number of carboxylic acid groups (broad SMARTS) is 1. The largest absolute Gasteiger partial charge is 0.481 e. The molecule has 0 aliphatic heterocycles. The minimum atomic E-state index is -0.930. The molecule has 1 aromatic rings. The number of anilines is 1. The summed E-state index contributed by atoms with van der Waals surface area (Å²) in [5.41, 5.74) is 7.05. The van der Waals surface area contributed by atoms with E-state index >= 15 is 0 Å². The van der Waals surface area contributed by atoms with Gasteiger partial charge in [0.15, 0.2) is 0 Å². The molecule has 0 spiro atoms. The zero-order valence-electron chi connectivity index (χ0n) is 15.1. The maximum absolute atomic E-state index is 13.0. The third kappa shape index (κ3) is 3.18. The smallest absolute Gasteiger partial charge is 0.307 e. The van der Waals surface area contributed by atoms with Crippen LogP contribution in [0.2, 0.25) is 0 Å². The highest BCUT2D eigenvalue weighted by Gasteiger charge is 2.51. The molecule has 4 N–H and O–H groups in total. The zero-order chi connectivity index (χ0) is 19.1. The van der Waals surface area contributed by atoms with E-state index in [9.17, 15) is 19.5 Å². The molecule has 7 heteroatoms. The number of aliphatic carboxylic acids is 1. The summed E-state index contributed by atoms with van der Waals surface area (Å²) in [4.78, 5) is 37.9. The van der Waals surface area contributed by atoms with Gasteiger partial charge in [-0.2, -0.15) is 0 Å². The molecule has 3 aliphatic carbocycles. The first-order chi connectivity index (χ1) is 13.0. The van der Waals surface area contributed by atoms with Gasteiger partial charge in [0.05, 0.1) is 17.4 Å². The Morgan fingerprint density at radius 3 is 2.37 bits per heavy atom. The Balaban J connectivity index is 1.63. The molecule has 6 nitrogen and oxygen atoms in total. The summed E-state index contributed by atoms with van der Waals surface area (Å²) in [5.74, 6) is -3.18. The van der Waals surface area contributed by atoms with Crippen LogP contribution in [0.5, 0.6) is 0 Å². The first kappa shape index (κ1) is 18.2. The number of hydrogen-bond donors (Lipinski definition) is 3. The predicted molar refractivity (Wildman–Crippen MR) is 103 cm³/mol. The van der Waals surface area contributed by atoms with Crippen LogP contribution in [0.3, 0.4) is 0 Å². The van der Waals surface area contributed by atoms with E-state index in [-0.39, 0.29) is 17.7 Å². The maximum Gasteiger partial charge on any atom is 0.307 e. The van der Waals surface area contributed by atoms with Crippen molar-refractivity contribution in [2.45, 2.75) is 44.9 Å². The van der Waals surface area contributed by atoms with Gasteiger partial charge in [0, 0.05) is 4.88 Å². The van der Waals surface area contributed by atoms with E-state index in [0.717, 1.165) is 42.5 Å². The molecule has 1 fully saturated rings. The zero-order valence-corrected chi connectivity index (χ0v) is 15.9. The first-order valence-corrected chi connectivity index (χ1v) is 10.5. The Hall–Kier alpha value is -2.15. The monoisotopic (exact) mass is 388 g/mol. The number of hydrogen-bond acceptors (Lipinski definition) is 4. The normalized spacial score (nSPS) is 29.0. The Kier molecular flexibility index (Phi) is 4.80. The molecule has 1 saturated carbocycles. The summed E-state index contributed by atoms with van der Waals surface area (Å²) in [6.07, 6.45) is 10.6. The molecule has 0 saturated heterocycles. The fraction of sp³-hybridized carbons (Fsp3) is 0.550. The van der Waals surface area contributed by atoms with E-state index in [1.54, 1.807) is 0 Å². The fourth-order valence-corrected chi connectivity index (χ4v) is 6.28. The van der Waals surface area contributed by atoms with Gasteiger partial charge in [-0.3, -0.25) is 14.4 Å². The molecular formula is C20H24N2O4S. The predicted octanol–water partition coefficient (Wildman–Crippen LogP) is 2.97. The standard InChI is InChI=1S/C20H24N2O4S/c21-17(23)16-12-5-3-1-2-4-6-13(12)27-19(16)22-18(24)14-10-7-8-11(9-10)15(14)20(25)26/h7-8,10-11,14-15H,1-6,9H2,(H2,21,23)(H,22,24)(H,25,26)/t10-,11-,14+,15-/m0/s1. The van der Waals surface area contributed by atoms with Gasteiger partial charge in [0.1, 0.15) is 5.00 Å². The van der Waals surface area contributed by atoms with Gasteiger partial charge in [-0.1, -0.05) is 25.0 Å². The van der Waals surface area contributed by atoms with Crippen molar-refractivity contribution in [3.05, 3.63) is 28.2 Å². The number of amides is 2. The summed E-state index contributed by atoms with van der Waals surface area (Å²) < 4.78 is 0. The second-order valence-corrected chi connectivity index (χ2v) is 8.92. The Bertz CT molecular complexity index is 828. The maximum atomic E-state index is 13.0. The van der Waals surface area contributed by atoms with Crippen molar-refractivity contribution in [2.75, 3.05) is 5.32 Å². The molecule has 0 unspecified atom stereocenters. The average Bonchev–Trinajstić information content (AvgIpc) is 3.27. The number of aryl methyl sites for hydroxylation is 1. The number of rotatable bonds is 4. The van der Waals surface area contributed by atoms with E-state index in [2.05, 4.69) is 5.32 Å². The van der Waals surface area contributed by atoms with Crippen LogP contribution in [0.15, 0.2) is 12.2 Å². The number of fused-ring (bicyclic) bond motifs is 3. The third-order valence-corrected chi connectivity index (χ3v) is 7.41. The van der Waals surface area contributed by atoms with Crippen LogP contribution in [-0.4, -0.2) is 22.9 Å². The van der Waals surface area contributed by atoms with Gasteiger partial charge in [-0.15, -0.1) is 11.3 Å². The SMILES string of the molecule is NC(=O)c1c(NC(=O)[C@H]2[C@@H](C(=O)O)[C@H]3C=C[C@H]2C3)sc2c1CCCCCC2. The van der Waals surface area contributed by atoms with Crippen molar-refractivity contribution < 1.29 is 19.5 Å². The van der Waals surface area contributed by atoms with Crippen LogP contribution < -0.4 is 11.1 Å². The number of nitrogens with one attached hydrogen (secondary N) is 1. The summed E-state index contributed by atoms with van der Waals surface area (Å²) in [7, 11) is 0. The van der Waals surface area contributed by atoms with Crippen molar-refractivity contribution in [1.29, 1.82) is 0 Å². The van der Waals surface area contributed by atoms with Crippen LogP contribution in [0.4, 0.5) is 5.00 Å². The highest BCUT2D eigenvalue weighted by molar-refractivity contribution is 7.17. The van der Waals surface area contributed by atoms with Gasteiger partial charge in [-0.25, -0.2) is 0 Å². The Morgan fingerprint density at radius 2 is 1.70 bits per heavy atom. The fourth-order valence-electron chi connectivity index (χ4n) is 4.98. The van der Waals surface area contributed by atoms with Crippen LogP contribution >= 0.6 is 11.3 Å². The second-order valence-electron chi connectivity index (χ2n) is 7.81. The lowest BCUT2D eigenvalue weighted by atomic mass is 9.82. The molecule has 4 rings (SSSR count). The molecule has 3 aliphatic rings. The number of carboxylic acids is 1. The van der Waals surface area contributed by atoms with E-state index in [0.29, 0.717) is 17.0 Å².